The SMILES string of the molecule is CCOC(=O)c1ccc(NC(=O)Nc2ccc(CC(=O)O)cc2)cc1.CCOC(=O)c1ccc(NC(=O)Nc2ccc3[nH]ccc3c2)cc1. The number of esters is 2. The van der Waals surface area contributed by atoms with Gasteiger partial charge in [-0.1, -0.05) is 12.1 Å². The summed E-state index contributed by atoms with van der Waals surface area (Å²) in [6.45, 7) is 4.11. The molecule has 4 amide bonds. The number of aliphatic carboxylic acids is 1. The molecule has 1 aromatic heterocycles. The zero-order chi connectivity index (χ0) is 35.2. The van der Waals surface area contributed by atoms with Gasteiger partial charge in [0.25, 0.3) is 0 Å². The number of aromatic nitrogens is 1. The molecule has 252 valence electrons. The zero-order valence-electron chi connectivity index (χ0n) is 26.7. The van der Waals surface area contributed by atoms with Crippen LogP contribution in [0.15, 0.2) is 103 Å². The fraction of sp³-hybridized carbons (Fsp3) is 0.139. The first-order valence-electron chi connectivity index (χ1n) is 15.2. The number of rotatable bonds is 10. The van der Waals surface area contributed by atoms with Crippen molar-refractivity contribution in [1.29, 1.82) is 0 Å². The Morgan fingerprint density at radius 1 is 0.592 bits per heavy atom. The summed E-state index contributed by atoms with van der Waals surface area (Å²) < 4.78 is 9.80. The minimum absolute atomic E-state index is 0.0701. The molecule has 0 aliphatic carbocycles. The highest BCUT2D eigenvalue weighted by Gasteiger charge is 2.09. The number of benzene rings is 4. The van der Waals surface area contributed by atoms with Gasteiger partial charge in [0.15, 0.2) is 0 Å². The number of carbonyl (C=O) groups excluding carboxylic acids is 4. The van der Waals surface area contributed by atoms with Gasteiger partial charge in [-0.15, -0.1) is 0 Å². The number of fused-ring (bicyclic) bond motifs is 1. The van der Waals surface area contributed by atoms with E-state index in [1.807, 2.05) is 30.5 Å². The number of anilines is 4. The smallest absolute Gasteiger partial charge is 0.338 e. The molecule has 0 radical (unpaired) electrons. The molecule has 0 saturated heterocycles. The van der Waals surface area contributed by atoms with Crippen LogP contribution in [0.25, 0.3) is 10.9 Å². The van der Waals surface area contributed by atoms with Gasteiger partial charge in [-0.3, -0.25) is 4.79 Å². The molecule has 13 nitrogen and oxygen atoms in total. The van der Waals surface area contributed by atoms with Crippen molar-refractivity contribution in [2.24, 2.45) is 0 Å². The average molecular weight is 666 g/mol. The van der Waals surface area contributed by atoms with Crippen LogP contribution in [0.2, 0.25) is 0 Å². The quantitative estimate of drug-likeness (QED) is 0.0850. The summed E-state index contributed by atoms with van der Waals surface area (Å²) in [5, 5.41) is 20.5. The third-order valence-electron chi connectivity index (χ3n) is 6.69. The van der Waals surface area contributed by atoms with E-state index in [4.69, 9.17) is 14.6 Å². The number of urea groups is 2. The lowest BCUT2D eigenvalue weighted by Gasteiger charge is -2.09. The molecule has 0 atom stereocenters. The van der Waals surface area contributed by atoms with Gasteiger partial charge < -0.3 is 40.8 Å². The number of amides is 4. The van der Waals surface area contributed by atoms with Crippen LogP contribution in [0.4, 0.5) is 32.3 Å². The van der Waals surface area contributed by atoms with Crippen LogP contribution in [-0.2, 0) is 20.7 Å². The van der Waals surface area contributed by atoms with Gasteiger partial charge in [0, 0.05) is 39.8 Å². The van der Waals surface area contributed by atoms with Crippen LogP contribution >= 0.6 is 0 Å². The second-order valence-electron chi connectivity index (χ2n) is 10.3. The van der Waals surface area contributed by atoms with Crippen molar-refractivity contribution >= 4 is 63.6 Å². The van der Waals surface area contributed by atoms with Crippen molar-refractivity contribution in [1.82, 2.24) is 4.98 Å². The van der Waals surface area contributed by atoms with Crippen molar-refractivity contribution < 1.29 is 38.6 Å². The number of hydrogen-bond donors (Lipinski definition) is 6. The van der Waals surface area contributed by atoms with E-state index in [2.05, 4.69) is 26.3 Å². The number of H-pyrrole nitrogens is 1. The first-order chi connectivity index (χ1) is 23.6. The molecule has 13 heteroatoms. The third kappa shape index (κ3) is 11.0. The molecule has 6 N–H and O–H groups in total. The molecule has 0 unspecified atom stereocenters. The van der Waals surface area contributed by atoms with Crippen LogP contribution in [0, 0.1) is 0 Å². The van der Waals surface area contributed by atoms with Crippen molar-refractivity contribution in [3.8, 4) is 0 Å². The minimum Gasteiger partial charge on any atom is -0.481 e. The Morgan fingerprint density at radius 3 is 1.47 bits per heavy atom. The molecule has 49 heavy (non-hydrogen) atoms. The van der Waals surface area contributed by atoms with Crippen molar-refractivity contribution in [3.63, 3.8) is 0 Å². The third-order valence-corrected chi connectivity index (χ3v) is 6.69. The number of carboxylic acids is 1. The summed E-state index contributed by atoms with van der Waals surface area (Å²) in [6.07, 6.45) is 1.78. The summed E-state index contributed by atoms with van der Waals surface area (Å²) in [4.78, 5) is 60.9. The highest BCUT2D eigenvalue weighted by atomic mass is 16.5. The average Bonchev–Trinajstić information content (AvgIpc) is 3.55. The van der Waals surface area contributed by atoms with Crippen molar-refractivity contribution in [2.45, 2.75) is 20.3 Å². The summed E-state index contributed by atoms with van der Waals surface area (Å²) in [5.41, 5.74) is 4.85. The molecule has 0 fully saturated rings. The number of aromatic amines is 1. The Hall–Kier alpha value is -6.63. The molecular formula is C36H35N5O8. The van der Waals surface area contributed by atoms with Crippen LogP contribution in [-0.4, -0.2) is 53.3 Å². The van der Waals surface area contributed by atoms with E-state index in [-0.39, 0.29) is 18.4 Å². The van der Waals surface area contributed by atoms with Gasteiger partial charge in [-0.2, -0.15) is 0 Å². The highest BCUT2D eigenvalue weighted by molar-refractivity contribution is 6.02. The minimum atomic E-state index is -0.912. The number of carbonyl (C=O) groups is 5. The van der Waals surface area contributed by atoms with E-state index < -0.39 is 18.0 Å². The number of carboxylic acid groups (broad SMARTS) is 1. The van der Waals surface area contributed by atoms with Crippen molar-refractivity contribution in [2.75, 3.05) is 34.5 Å². The summed E-state index contributed by atoms with van der Waals surface area (Å²) in [7, 11) is 0. The van der Waals surface area contributed by atoms with E-state index in [0.29, 0.717) is 52.7 Å². The van der Waals surface area contributed by atoms with Gasteiger partial charge in [0.05, 0.1) is 30.8 Å². The second kappa shape index (κ2) is 17.3. The van der Waals surface area contributed by atoms with Crippen molar-refractivity contribution in [3.05, 3.63) is 120 Å². The Morgan fingerprint density at radius 2 is 1.02 bits per heavy atom. The molecule has 0 aliphatic rings. The Bertz CT molecular complexity index is 1900. The molecule has 0 saturated carbocycles. The molecular weight excluding hydrogens is 630 g/mol. The van der Waals surface area contributed by atoms with Gasteiger partial charge in [-0.05, 0) is 104 Å². The molecule has 5 rings (SSSR count). The maximum Gasteiger partial charge on any atom is 0.338 e. The topological polar surface area (TPSA) is 188 Å². The highest BCUT2D eigenvalue weighted by Crippen LogP contribution is 2.19. The molecule has 0 bridgehead atoms. The summed E-state index contributed by atoms with van der Waals surface area (Å²) >= 11 is 0. The maximum absolute atomic E-state index is 12.1. The molecule has 1 heterocycles. The van der Waals surface area contributed by atoms with Gasteiger partial charge in [0.1, 0.15) is 0 Å². The summed E-state index contributed by atoms with van der Waals surface area (Å²) in [6, 6.07) is 26.1. The molecule has 0 aliphatic heterocycles. The predicted molar refractivity (Wildman–Crippen MR) is 186 cm³/mol. The Kier molecular flexibility index (Phi) is 12.5. The van der Waals surface area contributed by atoms with E-state index in [1.54, 1.807) is 86.6 Å². The Labute approximate surface area is 281 Å². The number of ether oxygens (including phenoxy) is 2. The zero-order valence-corrected chi connectivity index (χ0v) is 26.7. The lowest BCUT2D eigenvalue weighted by molar-refractivity contribution is -0.136. The first-order valence-corrected chi connectivity index (χ1v) is 15.2. The largest absolute Gasteiger partial charge is 0.481 e. The fourth-order valence-corrected chi connectivity index (χ4v) is 4.41. The van der Waals surface area contributed by atoms with Gasteiger partial charge in [-0.25, -0.2) is 19.2 Å². The van der Waals surface area contributed by atoms with Crippen LogP contribution in [0.5, 0.6) is 0 Å². The van der Waals surface area contributed by atoms with Gasteiger partial charge >= 0.3 is 30.0 Å². The standard InChI is InChI=1S/C18H17N3O3.C18H18N2O5/c1-2-24-17(22)12-3-5-14(6-4-12)20-18(23)21-15-7-8-16-13(11-15)9-10-19-16;1-2-25-17(23)13-5-9-15(10-6-13)20-18(24)19-14-7-3-12(4-8-14)11-16(21)22/h3-11,19H,2H2,1H3,(H2,20,21,23);3-10H,2,11H2,1H3,(H,21,22)(H2,19,20,24). The van der Waals surface area contributed by atoms with E-state index in [9.17, 15) is 24.0 Å². The van der Waals surface area contributed by atoms with Crippen LogP contribution < -0.4 is 21.3 Å². The molecule has 4 aromatic carbocycles. The molecule has 5 aromatic rings. The van der Waals surface area contributed by atoms with Crippen LogP contribution in [0.3, 0.4) is 0 Å². The number of hydrogen-bond acceptors (Lipinski definition) is 7. The van der Waals surface area contributed by atoms with E-state index in [0.717, 1.165) is 10.9 Å². The maximum atomic E-state index is 12.1. The Balaban J connectivity index is 0.000000221. The fourth-order valence-electron chi connectivity index (χ4n) is 4.41. The number of nitrogens with one attached hydrogen (secondary N) is 5. The van der Waals surface area contributed by atoms with Crippen LogP contribution in [0.1, 0.15) is 40.1 Å². The first kappa shape index (κ1) is 35.2. The predicted octanol–water partition coefficient (Wildman–Crippen LogP) is 7.12. The summed E-state index contributed by atoms with van der Waals surface area (Å²) in [5.74, 6) is -1.71. The molecule has 0 spiro atoms. The van der Waals surface area contributed by atoms with E-state index >= 15 is 0 Å². The normalized spacial score (nSPS) is 10.2. The lowest BCUT2D eigenvalue weighted by Crippen LogP contribution is -2.19. The second-order valence-corrected chi connectivity index (χ2v) is 10.3. The van der Waals surface area contributed by atoms with Gasteiger partial charge in [0.2, 0.25) is 0 Å². The van der Waals surface area contributed by atoms with E-state index in [1.165, 1.54) is 0 Å². The monoisotopic (exact) mass is 665 g/mol. The lowest BCUT2D eigenvalue weighted by atomic mass is 10.1.